The molecule has 1 aliphatic heterocycles. The quantitative estimate of drug-likeness (QED) is 0.826. The third kappa shape index (κ3) is 3.60. The molecular formula is C15H16FN3O2S2. The molecule has 0 spiro atoms. The number of carbonyl (C=O) groups excluding carboxylic acids is 1. The fraction of sp³-hybridized carbons (Fsp3) is 0.333. The summed E-state index contributed by atoms with van der Waals surface area (Å²) in [6, 6.07) is 5.70. The second-order valence-electron chi connectivity index (χ2n) is 5.29. The summed E-state index contributed by atoms with van der Waals surface area (Å²) in [7, 11) is 0. The number of thiazole rings is 1. The third-order valence-corrected chi connectivity index (χ3v) is 5.10. The van der Waals surface area contributed by atoms with Crippen molar-refractivity contribution in [2.24, 2.45) is 0 Å². The summed E-state index contributed by atoms with van der Waals surface area (Å²) in [6.45, 7) is 1.29. The number of carbonyl (C=O) groups is 1. The number of benzene rings is 1. The Hall–Kier alpha value is -1.77. The lowest BCUT2D eigenvalue weighted by atomic mass is 10.2. The van der Waals surface area contributed by atoms with E-state index in [4.69, 9.17) is 22.7 Å². The maximum Gasteiger partial charge on any atom is 0.269 e. The molecule has 1 atom stereocenters. The number of hydrogen-bond donors (Lipinski definition) is 2. The largest absolute Gasteiger partial charge is 0.384 e. The zero-order valence-corrected chi connectivity index (χ0v) is 13.9. The molecule has 2 aromatic rings. The van der Waals surface area contributed by atoms with E-state index in [9.17, 15) is 9.18 Å². The van der Waals surface area contributed by atoms with Crippen molar-refractivity contribution in [1.29, 1.82) is 0 Å². The number of nitrogens with one attached hydrogen (secondary N) is 1. The first-order valence-electron chi connectivity index (χ1n) is 7.22. The molecule has 8 heteroatoms. The monoisotopic (exact) mass is 353 g/mol. The maximum atomic E-state index is 13.2. The Morgan fingerprint density at radius 3 is 3.09 bits per heavy atom. The number of aromatic nitrogens is 1. The Bertz CT molecular complexity index is 781. The van der Waals surface area contributed by atoms with Crippen LogP contribution in [0, 0.1) is 9.77 Å². The van der Waals surface area contributed by atoms with Crippen LogP contribution in [0.2, 0.25) is 0 Å². The molecule has 1 aromatic carbocycles. The van der Waals surface area contributed by atoms with Gasteiger partial charge >= 0.3 is 0 Å². The van der Waals surface area contributed by atoms with Crippen molar-refractivity contribution in [3.63, 3.8) is 0 Å². The fourth-order valence-electron chi connectivity index (χ4n) is 2.50. The average molecular weight is 353 g/mol. The smallest absolute Gasteiger partial charge is 0.269 e. The van der Waals surface area contributed by atoms with Crippen molar-refractivity contribution >= 4 is 41.0 Å². The van der Waals surface area contributed by atoms with Gasteiger partial charge in [-0.25, -0.2) is 4.39 Å². The van der Waals surface area contributed by atoms with E-state index < -0.39 is 11.7 Å². The Morgan fingerprint density at radius 1 is 1.57 bits per heavy atom. The van der Waals surface area contributed by atoms with E-state index in [-0.39, 0.29) is 6.10 Å². The van der Waals surface area contributed by atoms with Gasteiger partial charge in [0.1, 0.15) is 16.5 Å². The van der Waals surface area contributed by atoms with Crippen LogP contribution in [0.3, 0.4) is 0 Å². The molecule has 1 fully saturated rings. The molecule has 1 amide bonds. The number of hydrogen-bond acceptors (Lipinski definition) is 5. The van der Waals surface area contributed by atoms with Crippen LogP contribution in [0.1, 0.15) is 22.5 Å². The second kappa shape index (κ2) is 6.77. The minimum atomic E-state index is -0.417. The Kier molecular flexibility index (Phi) is 4.74. The summed E-state index contributed by atoms with van der Waals surface area (Å²) in [5.41, 5.74) is 6.46. The SMILES string of the molecule is Nc1c(C(=O)Nc2cccc(F)c2)sc(=S)n1CC1CCCO1. The minimum absolute atomic E-state index is 0.0812. The standard InChI is InChI=1S/C15H16FN3O2S2/c16-9-3-1-4-10(7-9)18-14(20)12-13(17)19(15(22)23-12)8-11-5-2-6-21-11/h1,3-4,7,11H,2,5-6,8,17H2,(H,18,20). The molecule has 3 rings (SSSR count). The number of nitrogens with two attached hydrogens (primary N) is 1. The number of rotatable bonds is 4. The van der Waals surface area contributed by atoms with Gasteiger partial charge in [0.2, 0.25) is 0 Å². The Balaban J connectivity index is 1.79. The molecule has 5 nitrogen and oxygen atoms in total. The van der Waals surface area contributed by atoms with Gasteiger partial charge in [-0.05, 0) is 43.3 Å². The van der Waals surface area contributed by atoms with E-state index >= 15 is 0 Å². The average Bonchev–Trinajstić information content (AvgIpc) is 3.11. The molecule has 23 heavy (non-hydrogen) atoms. The van der Waals surface area contributed by atoms with Crippen molar-refractivity contribution in [3.8, 4) is 0 Å². The molecule has 1 saturated heterocycles. The molecule has 0 radical (unpaired) electrons. The van der Waals surface area contributed by atoms with Gasteiger partial charge in [-0.15, -0.1) is 0 Å². The first-order valence-corrected chi connectivity index (χ1v) is 8.44. The van der Waals surface area contributed by atoms with E-state index in [0.717, 1.165) is 30.8 Å². The number of nitrogen functional groups attached to an aromatic ring is 1. The molecule has 1 aliphatic rings. The molecule has 122 valence electrons. The first kappa shape index (κ1) is 16.1. The van der Waals surface area contributed by atoms with Crippen LogP contribution in [0.5, 0.6) is 0 Å². The zero-order chi connectivity index (χ0) is 16.4. The molecule has 0 saturated carbocycles. The molecule has 3 N–H and O–H groups in total. The van der Waals surface area contributed by atoms with Crippen LogP contribution in [-0.2, 0) is 11.3 Å². The Morgan fingerprint density at radius 2 is 2.39 bits per heavy atom. The third-order valence-electron chi connectivity index (χ3n) is 3.63. The summed E-state index contributed by atoms with van der Waals surface area (Å²) >= 11 is 6.45. The fourth-order valence-corrected chi connectivity index (χ4v) is 3.74. The number of ether oxygens (including phenoxy) is 1. The van der Waals surface area contributed by atoms with E-state index in [2.05, 4.69) is 5.32 Å². The van der Waals surface area contributed by atoms with Gasteiger partial charge < -0.3 is 20.4 Å². The predicted octanol–water partition coefficient (Wildman–Crippen LogP) is 3.43. The predicted molar refractivity (Wildman–Crippen MR) is 90.9 cm³/mol. The Labute approximate surface area is 141 Å². The van der Waals surface area contributed by atoms with Crippen molar-refractivity contribution < 1.29 is 13.9 Å². The highest BCUT2D eigenvalue weighted by Gasteiger charge is 2.22. The van der Waals surface area contributed by atoms with Crippen LogP contribution >= 0.6 is 23.6 Å². The van der Waals surface area contributed by atoms with Gasteiger partial charge in [-0.1, -0.05) is 17.4 Å². The number of halogens is 1. The maximum absolute atomic E-state index is 13.2. The van der Waals surface area contributed by atoms with Crippen molar-refractivity contribution in [3.05, 3.63) is 38.9 Å². The molecule has 0 aliphatic carbocycles. The summed E-state index contributed by atoms with van der Waals surface area (Å²) in [6.07, 6.45) is 2.06. The van der Waals surface area contributed by atoms with Crippen LogP contribution in [-0.4, -0.2) is 23.2 Å². The molecular weight excluding hydrogens is 337 g/mol. The van der Waals surface area contributed by atoms with Gasteiger partial charge in [0.15, 0.2) is 3.95 Å². The zero-order valence-electron chi connectivity index (χ0n) is 12.3. The van der Waals surface area contributed by atoms with Gasteiger partial charge in [-0.3, -0.25) is 4.79 Å². The summed E-state index contributed by atoms with van der Waals surface area (Å²) in [5, 5.41) is 2.63. The highest BCUT2D eigenvalue weighted by molar-refractivity contribution is 7.73. The normalized spacial score (nSPS) is 17.3. The van der Waals surface area contributed by atoms with E-state index in [1.54, 1.807) is 10.6 Å². The van der Waals surface area contributed by atoms with Gasteiger partial charge in [0.05, 0.1) is 12.6 Å². The number of nitrogens with zero attached hydrogens (tertiary/aromatic N) is 1. The summed E-state index contributed by atoms with van der Waals surface area (Å²) in [5.74, 6) is -0.487. The van der Waals surface area contributed by atoms with Crippen molar-refractivity contribution in [1.82, 2.24) is 4.57 Å². The van der Waals surface area contributed by atoms with Crippen molar-refractivity contribution in [2.45, 2.75) is 25.5 Å². The van der Waals surface area contributed by atoms with Gasteiger partial charge in [0, 0.05) is 12.3 Å². The van der Waals surface area contributed by atoms with Crippen LogP contribution in [0.15, 0.2) is 24.3 Å². The topological polar surface area (TPSA) is 69.3 Å². The highest BCUT2D eigenvalue weighted by Crippen LogP contribution is 2.26. The lowest BCUT2D eigenvalue weighted by Gasteiger charge is -2.12. The van der Waals surface area contributed by atoms with Gasteiger partial charge in [0.25, 0.3) is 5.91 Å². The first-order chi connectivity index (χ1) is 11.0. The summed E-state index contributed by atoms with van der Waals surface area (Å²) in [4.78, 5) is 12.7. The molecule has 1 unspecified atom stereocenters. The number of anilines is 2. The van der Waals surface area contributed by atoms with E-state index in [1.807, 2.05) is 0 Å². The van der Waals surface area contributed by atoms with E-state index in [1.165, 1.54) is 18.2 Å². The second-order valence-corrected chi connectivity index (χ2v) is 6.94. The summed E-state index contributed by atoms with van der Waals surface area (Å²) < 4.78 is 21.0. The van der Waals surface area contributed by atoms with E-state index in [0.29, 0.717) is 26.9 Å². The van der Waals surface area contributed by atoms with Gasteiger partial charge in [-0.2, -0.15) is 0 Å². The highest BCUT2D eigenvalue weighted by atomic mass is 32.1. The number of amides is 1. The van der Waals surface area contributed by atoms with Crippen LogP contribution in [0.4, 0.5) is 15.9 Å². The lowest BCUT2D eigenvalue weighted by Crippen LogP contribution is -2.18. The van der Waals surface area contributed by atoms with Crippen LogP contribution in [0.25, 0.3) is 0 Å². The molecule has 1 aromatic heterocycles. The van der Waals surface area contributed by atoms with Crippen LogP contribution < -0.4 is 11.1 Å². The molecule has 2 heterocycles. The van der Waals surface area contributed by atoms with Crippen molar-refractivity contribution in [2.75, 3.05) is 17.7 Å². The molecule has 0 bridgehead atoms. The lowest BCUT2D eigenvalue weighted by molar-refractivity contribution is 0.0970. The minimum Gasteiger partial charge on any atom is -0.384 e.